The van der Waals surface area contributed by atoms with Crippen molar-refractivity contribution < 1.29 is 44.3 Å². The van der Waals surface area contributed by atoms with Gasteiger partial charge in [-0.1, -0.05) is 6.07 Å². The summed E-state index contributed by atoms with van der Waals surface area (Å²) >= 11 is 0. The van der Waals surface area contributed by atoms with Crippen molar-refractivity contribution in [1.29, 1.82) is 0 Å². The van der Waals surface area contributed by atoms with Gasteiger partial charge in [0.1, 0.15) is 12.4 Å². The van der Waals surface area contributed by atoms with Crippen molar-refractivity contribution in [2.24, 2.45) is 5.92 Å². The van der Waals surface area contributed by atoms with E-state index < -0.39 is 42.4 Å². The van der Waals surface area contributed by atoms with Crippen molar-refractivity contribution in [1.82, 2.24) is 0 Å². The van der Waals surface area contributed by atoms with Gasteiger partial charge in [0.05, 0.1) is 5.56 Å². The molecule has 1 aromatic rings. The highest BCUT2D eigenvalue weighted by Gasteiger charge is 2.57. The highest BCUT2D eigenvalue weighted by molar-refractivity contribution is 5.30. The Hall–Kier alpha value is -1.61. The lowest BCUT2D eigenvalue weighted by atomic mass is 10.1. The van der Waals surface area contributed by atoms with Gasteiger partial charge in [0, 0.05) is 0 Å². The number of benzene rings is 1. The largest absolute Gasteiger partial charge is 0.493 e. The molecule has 0 amide bonds. The third-order valence-electron chi connectivity index (χ3n) is 2.37. The standard InChI is InChI=1S/C11H7F9O/c12-9(13,14)6-2-1-3-7(4-6)21-5-8(10(15,16)17)11(18,19)20/h1-4,8H,5H2. The Labute approximate surface area is 112 Å². The molecule has 0 aliphatic rings. The van der Waals surface area contributed by atoms with Crippen LogP contribution in [0.5, 0.6) is 5.75 Å². The fraction of sp³-hybridized carbons (Fsp3) is 0.455. The van der Waals surface area contributed by atoms with Crippen LogP contribution in [0.25, 0.3) is 0 Å². The summed E-state index contributed by atoms with van der Waals surface area (Å²) in [5, 5.41) is 0. The smallest absolute Gasteiger partial charge is 0.416 e. The summed E-state index contributed by atoms with van der Waals surface area (Å²) < 4.78 is 114. The van der Waals surface area contributed by atoms with Crippen LogP contribution in [0.1, 0.15) is 5.56 Å². The summed E-state index contributed by atoms with van der Waals surface area (Å²) in [7, 11) is 0. The molecule has 0 unspecified atom stereocenters. The molecular formula is C11H7F9O. The molecule has 0 bridgehead atoms. The molecule has 0 radical (unpaired) electrons. The van der Waals surface area contributed by atoms with Crippen LogP contribution in [0.3, 0.4) is 0 Å². The maximum atomic E-state index is 12.3. The summed E-state index contributed by atoms with van der Waals surface area (Å²) in [6, 6.07) is 2.58. The number of ether oxygens (including phenoxy) is 1. The topological polar surface area (TPSA) is 9.23 Å². The van der Waals surface area contributed by atoms with Gasteiger partial charge in [-0.05, 0) is 18.2 Å². The van der Waals surface area contributed by atoms with Crippen molar-refractivity contribution in [3.63, 3.8) is 0 Å². The molecule has 0 heterocycles. The van der Waals surface area contributed by atoms with Crippen LogP contribution < -0.4 is 4.74 Å². The fourth-order valence-corrected chi connectivity index (χ4v) is 1.32. The minimum absolute atomic E-state index is 0.323. The average Bonchev–Trinajstić information content (AvgIpc) is 2.24. The van der Waals surface area contributed by atoms with Crippen LogP contribution in [0.15, 0.2) is 24.3 Å². The molecule has 21 heavy (non-hydrogen) atoms. The van der Waals surface area contributed by atoms with E-state index in [1.165, 1.54) is 0 Å². The van der Waals surface area contributed by atoms with E-state index in [0.717, 1.165) is 12.1 Å². The van der Waals surface area contributed by atoms with Gasteiger partial charge in [0.2, 0.25) is 0 Å². The second-order valence-electron chi connectivity index (χ2n) is 3.97. The predicted octanol–water partition coefficient (Wildman–Crippen LogP) is 4.83. The molecule has 120 valence electrons. The van der Waals surface area contributed by atoms with E-state index in [-0.39, 0.29) is 0 Å². The molecule has 1 nitrogen and oxygen atoms in total. The molecule has 0 aliphatic heterocycles. The summed E-state index contributed by atoms with van der Waals surface area (Å²) in [4.78, 5) is 0. The minimum Gasteiger partial charge on any atom is -0.493 e. The van der Waals surface area contributed by atoms with Crippen LogP contribution in [0.4, 0.5) is 39.5 Å². The summed E-state index contributed by atoms with van der Waals surface area (Å²) in [6.07, 6.45) is -16.0. The molecule has 0 saturated heterocycles. The molecule has 0 atom stereocenters. The second-order valence-corrected chi connectivity index (χ2v) is 3.97. The van der Waals surface area contributed by atoms with E-state index in [0.29, 0.717) is 12.1 Å². The van der Waals surface area contributed by atoms with Crippen molar-refractivity contribution in [3.05, 3.63) is 29.8 Å². The lowest BCUT2D eigenvalue weighted by Gasteiger charge is -2.23. The maximum Gasteiger partial charge on any atom is 0.416 e. The Morgan fingerprint density at radius 3 is 1.81 bits per heavy atom. The summed E-state index contributed by atoms with van der Waals surface area (Å²) in [5.74, 6) is -4.51. The van der Waals surface area contributed by atoms with Gasteiger partial charge in [-0.3, -0.25) is 0 Å². The maximum absolute atomic E-state index is 12.3. The van der Waals surface area contributed by atoms with Crippen molar-refractivity contribution in [3.8, 4) is 5.75 Å². The summed E-state index contributed by atoms with van der Waals surface area (Å²) in [6.45, 7) is -1.85. The quantitative estimate of drug-likeness (QED) is 0.723. The van der Waals surface area contributed by atoms with E-state index in [1.54, 1.807) is 0 Å². The Morgan fingerprint density at radius 1 is 0.857 bits per heavy atom. The van der Waals surface area contributed by atoms with E-state index in [2.05, 4.69) is 4.74 Å². The lowest BCUT2D eigenvalue weighted by Crippen LogP contribution is -2.40. The van der Waals surface area contributed by atoms with Gasteiger partial charge in [-0.15, -0.1) is 0 Å². The molecule has 10 heteroatoms. The summed E-state index contributed by atoms with van der Waals surface area (Å²) in [5.41, 5.74) is -1.24. The van der Waals surface area contributed by atoms with Crippen LogP contribution in [0, 0.1) is 5.92 Å². The van der Waals surface area contributed by atoms with Crippen molar-refractivity contribution in [2.45, 2.75) is 18.5 Å². The Bertz CT molecular complexity index is 458. The van der Waals surface area contributed by atoms with E-state index in [1.807, 2.05) is 0 Å². The van der Waals surface area contributed by atoms with E-state index >= 15 is 0 Å². The zero-order valence-corrected chi connectivity index (χ0v) is 9.90. The average molecular weight is 326 g/mol. The van der Waals surface area contributed by atoms with Gasteiger partial charge in [-0.2, -0.15) is 39.5 Å². The zero-order chi connectivity index (χ0) is 16.5. The first kappa shape index (κ1) is 17.4. The molecule has 0 N–H and O–H groups in total. The molecule has 0 aromatic heterocycles. The number of rotatable bonds is 3. The van der Waals surface area contributed by atoms with Crippen LogP contribution in [-0.2, 0) is 6.18 Å². The molecular weight excluding hydrogens is 319 g/mol. The van der Waals surface area contributed by atoms with Crippen molar-refractivity contribution in [2.75, 3.05) is 6.61 Å². The Balaban J connectivity index is 2.87. The molecule has 0 saturated carbocycles. The zero-order valence-electron chi connectivity index (χ0n) is 9.90. The second kappa shape index (κ2) is 5.64. The molecule has 0 aliphatic carbocycles. The van der Waals surface area contributed by atoms with Crippen molar-refractivity contribution >= 4 is 0 Å². The normalized spacial score (nSPS) is 13.6. The van der Waals surface area contributed by atoms with Gasteiger partial charge >= 0.3 is 18.5 Å². The molecule has 0 fully saturated rings. The molecule has 1 aromatic carbocycles. The van der Waals surface area contributed by atoms with Gasteiger partial charge < -0.3 is 4.74 Å². The lowest BCUT2D eigenvalue weighted by molar-refractivity contribution is -0.289. The van der Waals surface area contributed by atoms with Gasteiger partial charge in [0.25, 0.3) is 0 Å². The number of hydrogen-bond donors (Lipinski definition) is 0. The molecule has 1 rings (SSSR count). The molecule has 0 spiro atoms. The first-order valence-electron chi connectivity index (χ1n) is 5.25. The van der Waals surface area contributed by atoms with Crippen LogP contribution in [-0.4, -0.2) is 19.0 Å². The van der Waals surface area contributed by atoms with E-state index in [4.69, 9.17) is 0 Å². The van der Waals surface area contributed by atoms with Crippen LogP contribution in [0.2, 0.25) is 0 Å². The predicted molar refractivity (Wildman–Crippen MR) is 52.5 cm³/mol. The Morgan fingerprint density at radius 2 is 1.38 bits per heavy atom. The highest BCUT2D eigenvalue weighted by Crippen LogP contribution is 2.39. The van der Waals surface area contributed by atoms with Gasteiger partial charge in [0.15, 0.2) is 5.92 Å². The van der Waals surface area contributed by atoms with Gasteiger partial charge in [-0.25, -0.2) is 0 Å². The SMILES string of the molecule is FC(F)(F)c1cccc(OCC(C(F)(F)F)C(F)(F)F)c1. The monoisotopic (exact) mass is 326 g/mol. The Kier molecular flexibility index (Phi) is 4.69. The highest BCUT2D eigenvalue weighted by atomic mass is 19.4. The van der Waals surface area contributed by atoms with E-state index in [9.17, 15) is 39.5 Å². The minimum atomic E-state index is -5.61. The third kappa shape index (κ3) is 5.01. The first-order valence-corrected chi connectivity index (χ1v) is 5.25. The number of hydrogen-bond acceptors (Lipinski definition) is 1. The number of halogens is 9. The number of alkyl halides is 9. The fourth-order valence-electron chi connectivity index (χ4n) is 1.32. The third-order valence-corrected chi connectivity index (χ3v) is 2.37. The van der Waals surface area contributed by atoms with Crippen LogP contribution >= 0.6 is 0 Å². The first-order chi connectivity index (χ1) is 9.32.